The Balaban J connectivity index is 1.97. The lowest BCUT2D eigenvalue weighted by Gasteiger charge is -2.39. The van der Waals surface area contributed by atoms with Crippen LogP contribution in [0.25, 0.3) is 0 Å². The molecule has 0 aliphatic carbocycles. The van der Waals surface area contributed by atoms with Crippen LogP contribution in [0.1, 0.15) is 44.7 Å². The molecule has 0 aromatic heterocycles. The molecule has 1 aliphatic heterocycles. The van der Waals surface area contributed by atoms with Gasteiger partial charge in [-0.05, 0) is 30.0 Å². The van der Waals surface area contributed by atoms with Crippen LogP contribution in [0.3, 0.4) is 0 Å². The van der Waals surface area contributed by atoms with E-state index in [0.717, 1.165) is 38.0 Å². The number of nitriles is 1. The second kappa shape index (κ2) is 8.87. The summed E-state index contributed by atoms with van der Waals surface area (Å²) in [5, 5.41) is 12.8. The summed E-state index contributed by atoms with van der Waals surface area (Å²) in [6, 6.07) is 8.29. The van der Waals surface area contributed by atoms with Gasteiger partial charge in [0.05, 0.1) is 12.7 Å². The smallest absolute Gasteiger partial charge is 0.225 e. The Kier molecular flexibility index (Phi) is 6.83. The van der Waals surface area contributed by atoms with Crippen molar-refractivity contribution >= 4 is 5.91 Å². The molecule has 1 amide bonds. The molecule has 1 N–H and O–H groups in total. The van der Waals surface area contributed by atoms with E-state index in [4.69, 9.17) is 4.74 Å². The lowest BCUT2D eigenvalue weighted by atomic mass is 9.89. The van der Waals surface area contributed by atoms with E-state index in [1.165, 1.54) is 0 Å². The Hall–Kier alpha value is -2.06. The van der Waals surface area contributed by atoms with Gasteiger partial charge in [-0.25, -0.2) is 0 Å². The number of methoxy groups -OCH3 is 1. The zero-order valence-electron chi connectivity index (χ0n) is 15.7. The molecule has 0 radical (unpaired) electrons. The summed E-state index contributed by atoms with van der Waals surface area (Å²) < 4.78 is 5.19. The number of hydrogen-bond acceptors (Lipinski definition) is 4. The van der Waals surface area contributed by atoms with E-state index in [0.29, 0.717) is 23.3 Å². The molecular weight excluding hydrogens is 314 g/mol. The maximum absolute atomic E-state index is 12.2. The van der Waals surface area contributed by atoms with Crippen LogP contribution in [0, 0.1) is 23.2 Å². The number of nitrogens with zero attached hydrogens (tertiary/aromatic N) is 2. The highest BCUT2D eigenvalue weighted by atomic mass is 16.5. The monoisotopic (exact) mass is 343 g/mol. The molecule has 5 heteroatoms. The second-order valence-corrected chi connectivity index (χ2v) is 7.03. The third-order valence-corrected chi connectivity index (χ3v) is 5.02. The van der Waals surface area contributed by atoms with Gasteiger partial charge in [-0.2, -0.15) is 5.26 Å². The number of carbonyl (C=O) groups is 1. The summed E-state index contributed by atoms with van der Waals surface area (Å²) in [6.45, 7) is 8.48. The van der Waals surface area contributed by atoms with Gasteiger partial charge in [-0.1, -0.05) is 33.3 Å². The average Bonchev–Trinajstić information content (AvgIpc) is 2.65. The van der Waals surface area contributed by atoms with E-state index in [-0.39, 0.29) is 11.8 Å². The van der Waals surface area contributed by atoms with Crippen molar-refractivity contribution in [2.75, 3.05) is 20.2 Å². The Morgan fingerprint density at radius 1 is 1.48 bits per heavy atom. The largest absolute Gasteiger partial charge is 0.495 e. The SMILES string of the molecule is CCC1CN(C(=O)C(C)C)CCC1NCc1ccc(OC)c(C#N)c1. The van der Waals surface area contributed by atoms with Crippen LogP contribution in [0.5, 0.6) is 5.75 Å². The Morgan fingerprint density at radius 2 is 2.24 bits per heavy atom. The van der Waals surface area contributed by atoms with Gasteiger partial charge in [-0.3, -0.25) is 4.79 Å². The van der Waals surface area contributed by atoms with Crippen LogP contribution in [-0.2, 0) is 11.3 Å². The fraction of sp³-hybridized carbons (Fsp3) is 0.600. The normalized spacial score (nSPS) is 20.4. The lowest BCUT2D eigenvalue weighted by Crippen LogP contribution is -2.51. The highest BCUT2D eigenvalue weighted by Crippen LogP contribution is 2.23. The van der Waals surface area contributed by atoms with Crippen molar-refractivity contribution < 1.29 is 9.53 Å². The van der Waals surface area contributed by atoms with Gasteiger partial charge in [0.1, 0.15) is 11.8 Å². The van der Waals surface area contributed by atoms with Gasteiger partial charge < -0.3 is 15.0 Å². The zero-order valence-corrected chi connectivity index (χ0v) is 15.7. The maximum atomic E-state index is 12.2. The van der Waals surface area contributed by atoms with Crippen molar-refractivity contribution in [2.24, 2.45) is 11.8 Å². The first-order valence-corrected chi connectivity index (χ1v) is 9.09. The molecular formula is C20H29N3O2. The number of rotatable bonds is 6. The van der Waals surface area contributed by atoms with Crippen molar-refractivity contribution in [1.29, 1.82) is 5.26 Å². The molecule has 1 saturated heterocycles. The van der Waals surface area contributed by atoms with E-state index in [9.17, 15) is 10.1 Å². The van der Waals surface area contributed by atoms with Crippen LogP contribution in [0.4, 0.5) is 0 Å². The van der Waals surface area contributed by atoms with Gasteiger partial charge in [0.2, 0.25) is 5.91 Å². The zero-order chi connectivity index (χ0) is 18.4. The minimum atomic E-state index is 0.0608. The number of hydrogen-bond donors (Lipinski definition) is 1. The topological polar surface area (TPSA) is 65.4 Å². The minimum absolute atomic E-state index is 0.0608. The molecule has 1 aliphatic rings. The highest BCUT2D eigenvalue weighted by Gasteiger charge is 2.30. The van der Waals surface area contributed by atoms with Crippen molar-refractivity contribution in [3.63, 3.8) is 0 Å². The number of ether oxygens (including phenoxy) is 1. The molecule has 1 aromatic rings. The van der Waals surface area contributed by atoms with Crippen LogP contribution in [0.15, 0.2) is 18.2 Å². The molecule has 2 atom stereocenters. The Morgan fingerprint density at radius 3 is 2.84 bits per heavy atom. The predicted octanol–water partition coefficient (Wildman–Crippen LogP) is 2.94. The standard InChI is InChI=1S/C20H29N3O2/c1-5-16-13-23(20(24)14(2)3)9-8-18(16)22-12-15-6-7-19(25-4)17(10-15)11-21/h6-7,10,14,16,18,22H,5,8-9,12-13H2,1-4H3. The van der Waals surface area contributed by atoms with Gasteiger partial charge in [0.25, 0.3) is 0 Å². The molecule has 0 bridgehead atoms. The fourth-order valence-corrected chi connectivity index (χ4v) is 3.48. The number of nitrogens with one attached hydrogen (secondary N) is 1. The molecule has 25 heavy (non-hydrogen) atoms. The summed E-state index contributed by atoms with van der Waals surface area (Å²) in [7, 11) is 1.58. The van der Waals surface area contributed by atoms with Crippen LogP contribution < -0.4 is 10.1 Å². The molecule has 1 heterocycles. The highest BCUT2D eigenvalue weighted by molar-refractivity contribution is 5.78. The van der Waals surface area contributed by atoms with E-state index >= 15 is 0 Å². The Labute approximate surface area is 151 Å². The molecule has 0 saturated carbocycles. The molecule has 1 fully saturated rings. The summed E-state index contributed by atoms with van der Waals surface area (Å²) in [5.74, 6) is 1.39. The molecule has 2 unspecified atom stereocenters. The second-order valence-electron chi connectivity index (χ2n) is 7.03. The third kappa shape index (κ3) is 4.73. The Bertz CT molecular complexity index is 636. The lowest BCUT2D eigenvalue weighted by molar-refractivity contribution is -0.136. The predicted molar refractivity (Wildman–Crippen MR) is 98.2 cm³/mol. The first-order valence-electron chi connectivity index (χ1n) is 9.09. The van der Waals surface area contributed by atoms with E-state index < -0.39 is 0 Å². The molecule has 2 rings (SSSR count). The van der Waals surface area contributed by atoms with E-state index in [1.807, 2.05) is 36.9 Å². The van der Waals surface area contributed by atoms with Crippen molar-refractivity contribution in [1.82, 2.24) is 10.2 Å². The summed E-state index contributed by atoms with van der Waals surface area (Å²) >= 11 is 0. The van der Waals surface area contributed by atoms with Gasteiger partial charge in [0, 0.05) is 31.6 Å². The third-order valence-electron chi connectivity index (χ3n) is 5.02. The molecule has 0 spiro atoms. The number of likely N-dealkylation sites (tertiary alicyclic amines) is 1. The van der Waals surface area contributed by atoms with Gasteiger partial charge >= 0.3 is 0 Å². The molecule has 5 nitrogen and oxygen atoms in total. The summed E-state index contributed by atoms with van der Waals surface area (Å²) in [4.78, 5) is 14.3. The first-order chi connectivity index (χ1) is 12.0. The van der Waals surface area contributed by atoms with Crippen molar-refractivity contribution in [2.45, 2.75) is 46.2 Å². The number of amides is 1. The quantitative estimate of drug-likeness (QED) is 0.862. The van der Waals surface area contributed by atoms with E-state index in [1.54, 1.807) is 7.11 Å². The van der Waals surface area contributed by atoms with Gasteiger partial charge in [-0.15, -0.1) is 0 Å². The van der Waals surface area contributed by atoms with E-state index in [2.05, 4.69) is 18.3 Å². The molecule has 136 valence electrons. The molecule has 1 aromatic carbocycles. The fourth-order valence-electron chi connectivity index (χ4n) is 3.48. The van der Waals surface area contributed by atoms with Crippen molar-refractivity contribution in [3.05, 3.63) is 29.3 Å². The van der Waals surface area contributed by atoms with Crippen LogP contribution in [-0.4, -0.2) is 37.0 Å². The van der Waals surface area contributed by atoms with Crippen molar-refractivity contribution in [3.8, 4) is 11.8 Å². The average molecular weight is 343 g/mol. The van der Waals surface area contributed by atoms with Crippen LogP contribution >= 0.6 is 0 Å². The number of piperidine rings is 1. The van der Waals surface area contributed by atoms with Crippen LogP contribution in [0.2, 0.25) is 0 Å². The van der Waals surface area contributed by atoms with Gasteiger partial charge in [0.15, 0.2) is 0 Å². The summed E-state index contributed by atoms with van der Waals surface area (Å²) in [5.41, 5.74) is 1.64. The first kappa shape index (κ1) is 19.3. The maximum Gasteiger partial charge on any atom is 0.225 e. The summed E-state index contributed by atoms with van der Waals surface area (Å²) in [6.07, 6.45) is 2.02. The number of benzene rings is 1. The minimum Gasteiger partial charge on any atom is -0.495 e. The number of carbonyl (C=O) groups excluding carboxylic acids is 1.